The molecule has 3 aromatic carbocycles. The quantitative estimate of drug-likeness (QED) is 0.163. The Morgan fingerprint density at radius 2 is 1.59 bits per heavy atom. The zero-order valence-electron chi connectivity index (χ0n) is 24.9. The summed E-state index contributed by atoms with van der Waals surface area (Å²) in [4.78, 5) is 42.3. The summed E-state index contributed by atoms with van der Waals surface area (Å²) in [6.07, 6.45) is -4.88. The number of piperazine rings is 1. The molecule has 0 bridgehead atoms. The number of nitro benzene ring substituents is 1. The number of nitrogens with two attached hydrogens (primary N) is 1. The Hall–Kier alpha value is -4.82. The molecule has 2 N–H and O–H groups in total. The lowest BCUT2D eigenvalue weighted by molar-refractivity contribution is -0.384. The number of nitro groups is 1. The van der Waals surface area contributed by atoms with Gasteiger partial charge in [-0.15, -0.1) is 0 Å². The minimum Gasteiger partial charge on any atom is -0.363 e. The zero-order valence-corrected chi connectivity index (χ0v) is 24.9. The molecule has 1 fully saturated rings. The molecule has 46 heavy (non-hydrogen) atoms. The van der Waals surface area contributed by atoms with Gasteiger partial charge in [-0.3, -0.25) is 28.9 Å². The summed E-state index contributed by atoms with van der Waals surface area (Å²) in [6.45, 7) is 2.42. The Balaban J connectivity index is 1.52. The Morgan fingerprint density at radius 3 is 2.24 bits per heavy atom. The van der Waals surface area contributed by atoms with Crippen molar-refractivity contribution in [3.63, 3.8) is 0 Å². The number of hydrogen-bond acceptors (Lipinski definition) is 7. The normalized spacial score (nSPS) is 14.8. The van der Waals surface area contributed by atoms with Crippen LogP contribution < -0.4 is 21.9 Å². The van der Waals surface area contributed by atoms with Crippen molar-refractivity contribution in [2.24, 2.45) is 5.73 Å². The number of aromatic nitrogens is 2. The van der Waals surface area contributed by atoms with Crippen LogP contribution in [0.1, 0.15) is 34.0 Å². The van der Waals surface area contributed by atoms with Gasteiger partial charge in [-0.2, -0.15) is 13.2 Å². The van der Waals surface area contributed by atoms with Crippen LogP contribution in [0, 0.1) is 22.9 Å². The summed E-state index contributed by atoms with van der Waals surface area (Å²) in [5.41, 5.74) is 4.47. The Morgan fingerprint density at radius 1 is 0.913 bits per heavy atom. The van der Waals surface area contributed by atoms with Crippen molar-refractivity contribution < 1.29 is 22.5 Å². The SMILES string of the molecule is Cc1c(N2CCN(Cc3cccc([N+](=O)[O-])c3)CC2)c(=O)n(C[C@@H](N)c2ccccc2)c(=O)n1Cc1c(F)cccc1C(F)(F)F. The van der Waals surface area contributed by atoms with Crippen LogP contribution in [0.2, 0.25) is 0 Å². The first-order valence-electron chi connectivity index (χ1n) is 14.5. The topological polar surface area (TPSA) is 120 Å². The highest BCUT2D eigenvalue weighted by atomic mass is 19.4. The van der Waals surface area contributed by atoms with Crippen molar-refractivity contribution in [1.29, 1.82) is 0 Å². The average Bonchev–Trinajstić information content (AvgIpc) is 3.02. The molecule has 1 saturated heterocycles. The summed E-state index contributed by atoms with van der Waals surface area (Å²) in [6, 6.07) is 16.9. The van der Waals surface area contributed by atoms with Gasteiger partial charge in [0.1, 0.15) is 11.5 Å². The van der Waals surface area contributed by atoms with Crippen LogP contribution in [0.4, 0.5) is 28.9 Å². The third-order valence-electron chi connectivity index (χ3n) is 8.22. The Kier molecular flexibility index (Phi) is 9.39. The van der Waals surface area contributed by atoms with E-state index in [4.69, 9.17) is 5.73 Å². The summed E-state index contributed by atoms with van der Waals surface area (Å²) in [5.74, 6) is -1.13. The molecule has 0 radical (unpaired) electrons. The molecule has 4 aromatic rings. The smallest absolute Gasteiger partial charge is 0.363 e. The van der Waals surface area contributed by atoms with E-state index >= 15 is 0 Å². The molecule has 5 rings (SSSR count). The van der Waals surface area contributed by atoms with Crippen LogP contribution in [-0.2, 0) is 25.8 Å². The molecule has 0 saturated carbocycles. The van der Waals surface area contributed by atoms with Crippen molar-refractivity contribution in [2.75, 3.05) is 31.1 Å². The number of rotatable bonds is 9. The van der Waals surface area contributed by atoms with E-state index in [2.05, 4.69) is 4.90 Å². The predicted molar refractivity (Wildman–Crippen MR) is 164 cm³/mol. The second-order valence-corrected chi connectivity index (χ2v) is 11.2. The van der Waals surface area contributed by atoms with Gasteiger partial charge >= 0.3 is 11.9 Å². The molecular formula is C32H32F4N6O4. The predicted octanol–water partition coefficient (Wildman–Crippen LogP) is 4.46. The van der Waals surface area contributed by atoms with E-state index in [1.807, 2.05) is 0 Å². The number of hydrogen-bond donors (Lipinski definition) is 1. The maximum atomic E-state index is 14.9. The highest BCUT2D eigenvalue weighted by molar-refractivity contribution is 5.50. The fourth-order valence-corrected chi connectivity index (χ4v) is 5.80. The van der Waals surface area contributed by atoms with E-state index in [0.29, 0.717) is 38.3 Å². The molecule has 14 heteroatoms. The number of alkyl halides is 3. The number of nitrogens with zero attached hydrogens (tertiary/aromatic N) is 5. The van der Waals surface area contributed by atoms with E-state index in [1.54, 1.807) is 47.4 Å². The van der Waals surface area contributed by atoms with Gasteiger partial charge in [-0.1, -0.05) is 48.5 Å². The monoisotopic (exact) mass is 640 g/mol. The van der Waals surface area contributed by atoms with Crippen LogP contribution in [0.3, 0.4) is 0 Å². The van der Waals surface area contributed by atoms with E-state index < -0.39 is 51.9 Å². The second-order valence-electron chi connectivity index (χ2n) is 11.2. The van der Waals surface area contributed by atoms with Crippen LogP contribution in [0.15, 0.2) is 82.4 Å². The lowest BCUT2D eigenvalue weighted by Gasteiger charge is -2.37. The van der Waals surface area contributed by atoms with Gasteiger partial charge in [-0.05, 0) is 30.2 Å². The molecule has 0 aliphatic carbocycles. The van der Waals surface area contributed by atoms with Crippen LogP contribution >= 0.6 is 0 Å². The summed E-state index contributed by atoms with van der Waals surface area (Å²) in [5, 5.41) is 11.2. The van der Waals surface area contributed by atoms with Crippen LogP contribution in [-0.4, -0.2) is 45.1 Å². The van der Waals surface area contributed by atoms with Crippen LogP contribution in [0.5, 0.6) is 0 Å². The summed E-state index contributed by atoms with van der Waals surface area (Å²) in [7, 11) is 0. The lowest BCUT2D eigenvalue weighted by atomic mass is 10.1. The minimum atomic E-state index is -4.88. The summed E-state index contributed by atoms with van der Waals surface area (Å²) >= 11 is 0. The van der Waals surface area contributed by atoms with E-state index in [9.17, 15) is 37.3 Å². The van der Waals surface area contributed by atoms with Gasteiger partial charge in [0.2, 0.25) is 0 Å². The molecule has 1 atom stereocenters. The van der Waals surface area contributed by atoms with Crippen molar-refractivity contribution >= 4 is 11.4 Å². The first-order valence-corrected chi connectivity index (χ1v) is 14.5. The molecular weight excluding hydrogens is 608 g/mol. The van der Waals surface area contributed by atoms with E-state index in [1.165, 1.54) is 19.1 Å². The molecule has 1 aliphatic rings. The van der Waals surface area contributed by atoms with Crippen molar-refractivity contribution in [1.82, 2.24) is 14.0 Å². The number of anilines is 1. The fraction of sp³-hybridized carbons (Fsp3) is 0.312. The number of non-ortho nitro benzene ring substituents is 1. The average molecular weight is 641 g/mol. The molecule has 2 heterocycles. The second kappa shape index (κ2) is 13.3. The van der Waals surface area contributed by atoms with Crippen LogP contribution in [0.25, 0.3) is 0 Å². The highest BCUT2D eigenvalue weighted by Crippen LogP contribution is 2.33. The van der Waals surface area contributed by atoms with Gasteiger partial charge in [0.05, 0.1) is 23.6 Å². The van der Waals surface area contributed by atoms with Gasteiger partial charge < -0.3 is 10.6 Å². The highest BCUT2D eigenvalue weighted by Gasteiger charge is 2.35. The third-order valence-corrected chi connectivity index (χ3v) is 8.22. The molecule has 242 valence electrons. The van der Waals surface area contributed by atoms with E-state index in [0.717, 1.165) is 32.9 Å². The molecule has 10 nitrogen and oxygen atoms in total. The lowest BCUT2D eigenvalue weighted by Crippen LogP contribution is -2.51. The number of benzene rings is 3. The maximum absolute atomic E-state index is 14.9. The van der Waals surface area contributed by atoms with Crippen molar-refractivity contribution in [2.45, 2.75) is 38.8 Å². The molecule has 1 aliphatic heterocycles. The van der Waals surface area contributed by atoms with Gasteiger partial charge in [0.25, 0.3) is 11.2 Å². The largest absolute Gasteiger partial charge is 0.416 e. The molecule has 1 aromatic heterocycles. The Labute approximate surface area is 261 Å². The first kappa shape index (κ1) is 32.6. The van der Waals surface area contributed by atoms with Crippen molar-refractivity contribution in [3.8, 4) is 0 Å². The van der Waals surface area contributed by atoms with Gasteiger partial charge in [0.15, 0.2) is 0 Å². The van der Waals surface area contributed by atoms with Gasteiger partial charge in [-0.25, -0.2) is 9.18 Å². The van der Waals surface area contributed by atoms with Gasteiger partial charge in [0, 0.05) is 62.2 Å². The zero-order chi connectivity index (χ0) is 33.2. The maximum Gasteiger partial charge on any atom is 0.416 e. The number of halogens is 4. The first-order chi connectivity index (χ1) is 21.8. The molecule has 0 unspecified atom stereocenters. The minimum absolute atomic E-state index is 0.0215. The summed E-state index contributed by atoms with van der Waals surface area (Å²) < 4.78 is 58.5. The third kappa shape index (κ3) is 6.87. The van der Waals surface area contributed by atoms with E-state index in [-0.39, 0.29) is 23.6 Å². The standard InChI is InChI=1S/C32H32F4N6O4/c1-21-29(39-15-13-38(14-16-39)18-22-7-5-10-24(17-22)42(45)46)30(43)41(20-28(37)23-8-3-2-4-9-23)31(44)40(21)19-25-26(32(34,35)36)11-6-12-27(25)33/h2-12,17,28H,13-16,18-20,37H2,1H3/t28-/m1/s1. The molecule has 0 amide bonds. The fourth-order valence-electron chi connectivity index (χ4n) is 5.80. The Bertz CT molecular complexity index is 1850. The van der Waals surface area contributed by atoms with Crippen molar-refractivity contribution in [3.05, 3.63) is 138 Å². The molecule has 0 spiro atoms.